The molecule has 0 fully saturated rings. The van der Waals surface area contributed by atoms with Crippen LogP contribution in [0, 0.1) is 45.9 Å². The van der Waals surface area contributed by atoms with E-state index in [1.807, 2.05) is 16.8 Å². The van der Waals surface area contributed by atoms with E-state index in [-0.39, 0.29) is 21.1 Å². The first-order valence-corrected chi connectivity index (χ1v) is 17.7. The number of para-hydroxylation sites is 1. The van der Waals surface area contributed by atoms with E-state index >= 15 is 0 Å². The number of benzene rings is 5. The predicted octanol–water partition coefficient (Wildman–Crippen LogP) is 11.7. The van der Waals surface area contributed by atoms with Crippen LogP contribution < -0.4 is 4.74 Å². The van der Waals surface area contributed by atoms with E-state index in [1.165, 1.54) is 51.6 Å². The fraction of sp³-hybridized carbons (Fsp3) is 0.267. The third-order valence-corrected chi connectivity index (χ3v) is 9.65. The Hall–Kier alpha value is -4.40. The second-order valence-corrected chi connectivity index (χ2v) is 13.3. The Balaban J connectivity index is 0.00000432. The van der Waals surface area contributed by atoms with Gasteiger partial charge < -0.3 is 9.30 Å². The van der Waals surface area contributed by atoms with Gasteiger partial charge in [0.2, 0.25) is 0 Å². The SMILES string of the molecule is CCCCc1cc(Oc2[c-]c3c(cc2)c2ccccc2n3-c2[c-]ccc(CCCC)c2)[c-]c(-n2nc(C)c(-c3c(C)cccc3C)c2C)c1.[Pt]. The summed E-state index contributed by atoms with van der Waals surface area (Å²) in [5.41, 5.74) is 13.6. The molecule has 258 valence electrons. The average molecular weight is 838 g/mol. The molecule has 0 amide bonds. The molecule has 0 spiro atoms. The Morgan fingerprint density at radius 2 is 1.40 bits per heavy atom. The van der Waals surface area contributed by atoms with E-state index in [0.717, 1.165) is 64.9 Å². The van der Waals surface area contributed by atoms with Crippen LogP contribution in [0.1, 0.15) is 73.2 Å². The summed E-state index contributed by atoms with van der Waals surface area (Å²) in [6, 6.07) is 40.8. The Kier molecular flexibility index (Phi) is 10.8. The van der Waals surface area contributed by atoms with Crippen LogP contribution in [0.4, 0.5) is 0 Å². The summed E-state index contributed by atoms with van der Waals surface area (Å²) in [5, 5.41) is 7.38. The molecule has 5 aromatic carbocycles. The van der Waals surface area contributed by atoms with Crippen molar-refractivity contribution >= 4 is 21.8 Å². The maximum absolute atomic E-state index is 6.66. The van der Waals surface area contributed by atoms with Crippen molar-refractivity contribution in [3.05, 3.63) is 137 Å². The van der Waals surface area contributed by atoms with Gasteiger partial charge in [0.15, 0.2) is 0 Å². The van der Waals surface area contributed by atoms with Crippen LogP contribution in [-0.4, -0.2) is 14.3 Å². The normalized spacial score (nSPS) is 11.3. The van der Waals surface area contributed by atoms with Gasteiger partial charge in [0.25, 0.3) is 0 Å². The summed E-state index contributed by atoms with van der Waals surface area (Å²) in [6.45, 7) is 13.1. The van der Waals surface area contributed by atoms with E-state index in [9.17, 15) is 0 Å². The number of fused-ring (bicyclic) bond motifs is 3. The molecule has 0 aliphatic rings. The van der Waals surface area contributed by atoms with Crippen LogP contribution in [0.25, 0.3) is 44.3 Å². The molecule has 7 rings (SSSR count). The molecule has 5 heteroatoms. The number of rotatable bonds is 11. The first-order chi connectivity index (χ1) is 23.9. The van der Waals surface area contributed by atoms with Crippen molar-refractivity contribution < 1.29 is 25.8 Å². The molecular weight excluding hydrogens is 794 g/mol. The summed E-state index contributed by atoms with van der Waals surface area (Å²) in [5.74, 6) is 1.31. The molecule has 0 unspecified atom stereocenters. The Bertz CT molecular complexity index is 2270. The van der Waals surface area contributed by atoms with Crippen molar-refractivity contribution in [2.75, 3.05) is 0 Å². The first kappa shape index (κ1) is 35.4. The van der Waals surface area contributed by atoms with Gasteiger partial charge in [-0.05, 0) is 61.5 Å². The average Bonchev–Trinajstić information content (AvgIpc) is 3.59. The molecule has 4 nitrogen and oxygen atoms in total. The summed E-state index contributed by atoms with van der Waals surface area (Å²) < 4.78 is 11.0. The van der Waals surface area contributed by atoms with Crippen LogP contribution in [0.2, 0.25) is 0 Å². The third kappa shape index (κ3) is 6.83. The largest absolute Gasteiger partial charge is 0.509 e. The molecule has 7 aromatic rings. The summed E-state index contributed by atoms with van der Waals surface area (Å²) in [4.78, 5) is 0. The van der Waals surface area contributed by atoms with E-state index in [0.29, 0.717) is 11.5 Å². The molecule has 0 radical (unpaired) electrons. The minimum Gasteiger partial charge on any atom is -0.509 e. The number of unbranched alkanes of at least 4 members (excludes halogenated alkanes) is 2. The monoisotopic (exact) mass is 837 g/mol. The van der Waals surface area contributed by atoms with Gasteiger partial charge >= 0.3 is 0 Å². The van der Waals surface area contributed by atoms with Gasteiger partial charge in [0.1, 0.15) is 0 Å². The van der Waals surface area contributed by atoms with Gasteiger partial charge in [0, 0.05) is 49.3 Å². The molecule has 0 aliphatic carbocycles. The minimum absolute atomic E-state index is 0. The first-order valence-electron chi connectivity index (χ1n) is 17.7. The molecule has 0 atom stereocenters. The van der Waals surface area contributed by atoms with Crippen LogP contribution in [0.5, 0.6) is 11.5 Å². The summed E-state index contributed by atoms with van der Waals surface area (Å²) >= 11 is 0. The van der Waals surface area contributed by atoms with E-state index < -0.39 is 0 Å². The van der Waals surface area contributed by atoms with Crippen molar-refractivity contribution in [1.29, 1.82) is 0 Å². The van der Waals surface area contributed by atoms with E-state index in [2.05, 4.69) is 137 Å². The predicted molar refractivity (Wildman–Crippen MR) is 203 cm³/mol. The van der Waals surface area contributed by atoms with Crippen molar-refractivity contribution in [2.24, 2.45) is 0 Å². The van der Waals surface area contributed by atoms with Crippen LogP contribution in [0.3, 0.4) is 0 Å². The molecular formula is C45H44N3OPt-3. The molecule has 0 aliphatic heterocycles. The van der Waals surface area contributed by atoms with Gasteiger partial charge in [-0.3, -0.25) is 4.68 Å². The van der Waals surface area contributed by atoms with Crippen LogP contribution >= 0.6 is 0 Å². The molecule has 2 heterocycles. The number of hydrogen-bond acceptors (Lipinski definition) is 2. The van der Waals surface area contributed by atoms with Crippen LogP contribution in [-0.2, 0) is 33.9 Å². The Labute approximate surface area is 311 Å². The zero-order chi connectivity index (χ0) is 34.1. The number of aryl methyl sites for hydroxylation is 5. The van der Waals surface area contributed by atoms with Gasteiger partial charge in [0.05, 0.1) is 5.69 Å². The van der Waals surface area contributed by atoms with E-state index in [4.69, 9.17) is 9.84 Å². The Morgan fingerprint density at radius 1 is 0.680 bits per heavy atom. The van der Waals surface area contributed by atoms with Crippen molar-refractivity contribution in [3.8, 4) is 34.0 Å². The molecule has 2 aromatic heterocycles. The Morgan fingerprint density at radius 3 is 2.16 bits per heavy atom. The maximum atomic E-state index is 6.66. The topological polar surface area (TPSA) is 32.0 Å². The maximum Gasteiger partial charge on any atom is 0.0678 e. The fourth-order valence-electron chi connectivity index (χ4n) is 7.19. The van der Waals surface area contributed by atoms with Crippen LogP contribution in [0.15, 0.2) is 84.9 Å². The number of nitrogens with zero attached hydrogens (tertiary/aromatic N) is 3. The zero-order valence-electron chi connectivity index (χ0n) is 29.9. The zero-order valence-corrected chi connectivity index (χ0v) is 32.2. The minimum atomic E-state index is 0. The molecule has 0 N–H and O–H groups in total. The second kappa shape index (κ2) is 15.2. The van der Waals surface area contributed by atoms with Crippen molar-refractivity contribution in [3.63, 3.8) is 0 Å². The van der Waals surface area contributed by atoms with E-state index in [1.54, 1.807) is 0 Å². The number of ether oxygens (including phenoxy) is 1. The summed E-state index contributed by atoms with van der Waals surface area (Å²) in [6.07, 6.45) is 6.57. The van der Waals surface area contributed by atoms with Gasteiger partial charge in [-0.1, -0.05) is 100.0 Å². The van der Waals surface area contributed by atoms with Crippen molar-refractivity contribution in [2.45, 2.75) is 80.1 Å². The standard InChI is InChI=1S/C45H44N3O.Pt/c1-7-9-17-34-19-14-20-36(25-34)47-42-22-12-11-21-40(42)41-24-23-38(29-43(41)47)49-39-27-35(18-10-8-2)26-37(28-39)48-33(6)45(32(5)46-48)44-30(3)15-13-16-31(44)4;/h11-16,19,21-27H,7-10,17-18H2,1-6H3;/q-3;. The van der Waals surface area contributed by atoms with Gasteiger partial charge in [-0.15, -0.1) is 41.8 Å². The number of aromatic nitrogens is 3. The smallest absolute Gasteiger partial charge is 0.0678 e. The molecule has 0 saturated carbocycles. The van der Waals surface area contributed by atoms with Gasteiger partial charge in [-0.2, -0.15) is 40.5 Å². The molecule has 0 saturated heterocycles. The van der Waals surface area contributed by atoms with Gasteiger partial charge in [-0.25, -0.2) is 0 Å². The second-order valence-electron chi connectivity index (χ2n) is 13.3. The quantitative estimate of drug-likeness (QED) is 0.122. The third-order valence-electron chi connectivity index (χ3n) is 9.65. The summed E-state index contributed by atoms with van der Waals surface area (Å²) in [7, 11) is 0. The molecule has 50 heavy (non-hydrogen) atoms. The molecule has 0 bridgehead atoms. The fourth-order valence-corrected chi connectivity index (χ4v) is 7.19. The number of hydrogen-bond donors (Lipinski definition) is 0. The van der Waals surface area contributed by atoms with Crippen molar-refractivity contribution in [1.82, 2.24) is 14.3 Å².